The van der Waals surface area contributed by atoms with Gasteiger partial charge in [-0.1, -0.05) is 24.3 Å². The number of aromatic hydroxyl groups is 2. The summed E-state index contributed by atoms with van der Waals surface area (Å²) in [6.07, 6.45) is -1.01. The number of phenolic OH excluding ortho intramolecular Hbond substituents is 2. The molecule has 6 nitrogen and oxygen atoms in total. The molecule has 2 aromatic carbocycles. The molecule has 0 aliphatic carbocycles. The summed E-state index contributed by atoms with van der Waals surface area (Å²) in [5, 5.41) is 21.2. The van der Waals surface area contributed by atoms with Gasteiger partial charge in [0.2, 0.25) is 0 Å². The van der Waals surface area contributed by atoms with Crippen LogP contribution in [0.1, 0.15) is 45.0 Å². The number of carbonyl (C=O) groups excluding carboxylic acids is 2. The molecule has 0 radical (unpaired) electrons. The van der Waals surface area contributed by atoms with Gasteiger partial charge in [-0.15, -0.1) is 0 Å². The van der Waals surface area contributed by atoms with E-state index in [0.717, 1.165) is 6.07 Å². The minimum absolute atomic E-state index is 0.0400. The molecule has 2 N–H and O–H groups in total. The van der Waals surface area contributed by atoms with Crippen molar-refractivity contribution in [3.05, 3.63) is 35.9 Å². The normalized spacial score (nSPS) is 12.4. The maximum Gasteiger partial charge on any atom is 0.342 e. The molecule has 0 unspecified atom stereocenters. The average Bonchev–Trinajstić information content (AvgIpc) is 2.57. The summed E-state index contributed by atoms with van der Waals surface area (Å²) < 4.78 is 5.26. The van der Waals surface area contributed by atoms with E-state index in [2.05, 4.69) is 0 Å². The molecular weight excluding hydrogens is 334 g/mol. The van der Waals surface area contributed by atoms with Crippen LogP contribution in [0.5, 0.6) is 11.5 Å². The lowest BCUT2D eigenvalue weighted by Crippen LogP contribution is -2.47. The maximum atomic E-state index is 12.6. The van der Waals surface area contributed by atoms with Gasteiger partial charge in [0.1, 0.15) is 17.1 Å². The second-order valence-electron chi connectivity index (χ2n) is 6.82. The Morgan fingerprint density at radius 3 is 2.04 bits per heavy atom. The van der Waals surface area contributed by atoms with Gasteiger partial charge >= 0.3 is 5.97 Å². The van der Waals surface area contributed by atoms with E-state index in [1.165, 1.54) is 6.92 Å². The van der Waals surface area contributed by atoms with E-state index in [-0.39, 0.29) is 35.1 Å². The summed E-state index contributed by atoms with van der Waals surface area (Å²) in [7, 11) is 0. The van der Waals surface area contributed by atoms with E-state index in [4.69, 9.17) is 4.74 Å². The first kappa shape index (κ1) is 19.6. The molecule has 1 amide bonds. The predicted octanol–water partition coefficient (Wildman–Crippen LogP) is 3.44. The van der Waals surface area contributed by atoms with Crippen LogP contribution in [-0.2, 0) is 9.53 Å². The van der Waals surface area contributed by atoms with Crippen molar-refractivity contribution in [3.63, 3.8) is 0 Å². The highest BCUT2D eigenvalue weighted by Crippen LogP contribution is 2.35. The molecule has 0 aliphatic rings. The molecule has 0 bridgehead atoms. The molecule has 2 aromatic rings. The third kappa shape index (κ3) is 3.74. The van der Waals surface area contributed by atoms with Crippen LogP contribution in [0.25, 0.3) is 10.8 Å². The van der Waals surface area contributed by atoms with Gasteiger partial charge in [0.15, 0.2) is 6.10 Å². The highest BCUT2D eigenvalue weighted by atomic mass is 16.5. The van der Waals surface area contributed by atoms with Gasteiger partial charge in [-0.3, -0.25) is 4.79 Å². The largest absolute Gasteiger partial charge is 0.507 e. The van der Waals surface area contributed by atoms with Gasteiger partial charge in [0, 0.05) is 22.9 Å². The van der Waals surface area contributed by atoms with Crippen LogP contribution >= 0.6 is 0 Å². The molecule has 6 heteroatoms. The fourth-order valence-corrected chi connectivity index (χ4v) is 3.09. The van der Waals surface area contributed by atoms with Crippen molar-refractivity contribution >= 4 is 22.6 Å². The lowest BCUT2D eigenvalue weighted by molar-refractivity contribution is -0.143. The second kappa shape index (κ2) is 7.64. The second-order valence-corrected chi connectivity index (χ2v) is 6.82. The SMILES string of the molecule is CC(C)N(C(=O)[C@H](C)OC(=O)c1cc(O)c2ccccc2c1O)C(C)C. The Labute approximate surface area is 153 Å². The third-order valence-electron chi connectivity index (χ3n) is 4.21. The van der Waals surface area contributed by atoms with Crippen molar-refractivity contribution in [1.82, 2.24) is 4.90 Å². The molecule has 140 valence electrons. The van der Waals surface area contributed by atoms with E-state index < -0.39 is 12.1 Å². The monoisotopic (exact) mass is 359 g/mol. The molecule has 0 saturated heterocycles. The van der Waals surface area contributed by atoms with E-state index in [1.807, 2.05) is 27.7 Å². The number of fused-ring (bicyclic) bond motifs is 1. The number of hydrogen-bond donors (Lipinski definition) is 2. The average molecular weight is 359 g/mol. The van der Waals surface area contributed by atoms with Gasteiger partial charge < -0.3 is 19.8 Å². The zero-order valence-electron chi connectivity index (χ0n) is 15.7. The van der Waals surface area contributed by atoms with Crippen molar-refractivity contribution in [2.24, 2.45) is 0 Å². The number of phenols is 2. The van der Waals surface area contributed by atoms with Crippen molar-refractivity contribution in [1.29, 1.82) is 0 Å². The zero-order valence-corrected chi connectivity index (χ0v) is 15.7. The Morgan fingerprint density at radius 2 is 1.50 bits per heavy atom. The molecule has 0 aromatic heterocycles. The van der Waals surface area contributed by atoms with Gasteiger partial charge in [0.25, 0.3) is 5.91 Å². The lowest BCUT2D eigenvalue weighted by Gasteiger charge is -2.32. The molecule has 0 fully saturated rings. The highest BCUT2D eigenvalue weighted by Gasteiger charge is 2.29. The minimum atomic E-state index is -1.01. The Hall–Kier alpha value is -2.76. The number of nitrogens with zero attached hydrogens (tertiary/aromatic N) is 1. The maximum absolute atomic E-state index is 12.6. The van der Waals surface area contributed by atoms with E-state index in [1.54, 1.807) is 29.2 Å². The molecule has 0 aliphatic heterocycles. The standard InChI is InChI=1S/C20H25NO5/c1-11(2)21(12(3)4)19(24)13(5)26-20(25)16-10-17(22)14-8-6-7-9-15(14)18(16)23/h6-13,22-23H,1-5H3/t13-/m0/s1. The number of hydrogen-bond acceptors (Lipinski definition) is 5. The van der Waals surface area contributed by atoms with Crippen LogP contribution in [0, 0.1) is 0 Å². The summed E-state index contributed by atoms with van der Waals surface area (Å²) in [6.45, 7) is 9.05. The summed E-state index contributed by atoms with van der Waals surface area (Å²) in [5.74, 6) is -1.60. The first-order chi connectivity index (χ1) is 12.1. The van der Waals surface area contributed by atoms with Crippen molar-refractivity contribution in [2.45, 2.75) is 52.8 Å². The zero-order chi connectivity index (χ0) is 19.6. The Bertz CT molecular complexity index is 820. The molecular formula is C20H25NO5. The fraction of sp³-hybridized carbons (Fsp3) is 0.400. The van der Waals surface area contributed by atoms with Crippen LogP contribution in [-0.4, -0.2) is 45.2 Å². The van der Waals surface area contributed by atoms with E-state index in [0.29, 0.717) is 10.8 Å². The molecule has 0 spiro atoms. The number of rotatable bonds is 5. The molecule has 2 rings (SSSR count). The summed E-state index contributed by atoms with van der Waals surface area (Å²) in [5.41, 5.74) is -0.179. The van der Waals surface area contributed by atoms with Crippen LogP contribution in [0.3, 0.4) is 0 Å². The number of benzene rings is 2. The number of carbonyl (C=O) groups is 2. The quantitative estimate of drug-likeness (QED) is 0.631. The first-order valence-corrected chi connectivity index (χ1v) is 8.62. The fourth-order valence-electron chi connectivity index (χ4n) is 3.09. The Morgan fingerprint density at radius 1 is 0.962 bits per heavy atom. The van der Waals surface area contributed by atoms with Crippen LogP contribution in [0.15, 0.2) is 30.3 Å². The Kier molecular flexibility index (Phi) is 5.75. The predicted molar refractivity (Wildman–Crippen MR) is 99.3 cm³/mol. The minimum Gasteiger partial charge on any atom is -0.507 e. The number of amides is 1. The lowest BCUT2D eigenvalue weighted by atomic mass is 10.0. The van der Waals surface area contributed by atoms with Crippen molar-refractivity contribution < 1.29 is 24.5 Å². The van der Waals surface area contributed by atoms with Gasteiger partial charge in [0.05, 0.1) is 0 Å². The summed E-state index contributed by atoms with van der Waals surface area (Å²) >= 11 is 0. The van der Waals surface area contributed by atoms with E-state index in [9.17, 15) is 19.8 Å². The van der Waals surface area contributed by atoms with Crippen LogP contribution < -0.4 is 0 Å². The van der Waals surface area contributed by atoms with Gasteiger partial charge in [-0.2, -0.15) is 0 Å². The number of ether oxygens (including phenoxy) is 1. The Balaban J connectivity index is 2.29. The molecule has 1 atom stereocenters. The summed E-state index contributed by atoms with van der Waals surface area (Å²) in [6, 6.07) is 7.70. The van der Waals surface area contributed by atoms with Gasteiger partial charge in [-0.05, 0) is 40.7 Å². The molecule has 26 heavy (non-hydrogen) atoms. The van der Waals surface area contributed by atoms with Crippen molar-refractivity contribution in [2.75, 3.05) is 0 Å². The first-order valence-electron chi connectivity index (χ1n) is 8.62. The smallest absolute Gasteiger partial charge is 0.342 e. The van der Waals surface area contributed by atoms with Gasteiger partial charge in [-0.25, -0.2) is 4.79 Å². The highest BCUT2D eigenvalue weighted by molar-refractivity contribution is 6.04. The molecule has 0 heterocycles. The van der Waals surface area contributed by atoms with E-state index >= 15 is 0 Å². The molecule has 0 saturated carbocycles. The summed E-state index contributed by atoms with van der Waals surface area (Å²) in [4.78, 5) is 26.7. The number of esters is 1. The third-order valence-corrected chi connectivity index (χ3v) is 4.21. The topological polar surface area (TPSA) is 87.1 Å². The van der Waals surface area contributed by atoms with Crippen LogP contribution in [0.4, 0.5) is 0 Å². The van der Waals surface area contributed by atoms with Crippen molar-refractivity contribution in [3.8, 4) is 11.5 Å². The van der Waals surface area contributed by atoms with Crippen LogP contribution in [0.2, 0.25) is 0 Å².